The predicted molar refractivity (Wildman–Crippen MR) is 103 cm³/mol. The van der Waals surface area contributed by atoms with Gasteiger partial charge in [0.2, 0.25) is 0 Å². The van der Waals surface area contributed by atoms with Crippen molar-refractivity contribution in [3.05, 3.63) is 76.9 Å². The van der Waals surface area contributed by atoms with Gasteiger partial charge in [0.1, 0.15) is 11.6 Å². The van der Waals surface area contributed by atoms with Crippen molar-refractivity contribution in [3.8, 4) is 5.75 Å². The number of methoxy groups -OCH3 is 1. The summed E-state index contributed by atoms with van der Waals surface area (Å²) in [5.41, 5.74) is 1.93. The van der Waals surface area contributed by atoms with Crippen LogP contribution in [0.3, 0.4) is 0 Å². The van der Waals surface area contributed by atoms with Crippen molar-refractivity contribution < 1.29 is 9.53 Å². The molecule has 6 heteroatoms. The van der Waals surface area contributed by atoms with Gasteiger partial charge < -0.3 is 15.4 Å². The van der Waals surface area contributed by atoms with E-state index in [1.807, 2.05) is 36.4 Å². The lowest BCUT2D eigenvalue weighted by atomic mass is 10.2. The standard InChI is InChI=1S/C19H16BrN3O2/c1-25-14-7-4-6-13(12-14)22-19(24)15-8-5-11-21-18(15)23-17-10-3-2-9-16(17)20/h2-12H,1H3,(H,21,23)(H,22,24). The highest BCUT2D eigenvalue weighted by molar-refractivity contribution is 9.10. The van der Waals surface area contributed by atoms with Crippen molar-refractivity contribution in [1.82, 2.24) is 4.98 Å². The number of carbonyl (C=O) groups is 1. The van der Waals surface area contributed by atoms with Crippen LogP contribution in [0, 0.1) is 0 Å². The molecule has 3 aromatic rings. The predicted octanol–water partition coefficient (Wildman–Crippen LogP) is 4.85. The van der Waals surface area contributed by atoms with E-state index in [-0.39, 0.29) is 5.91 Å². The highest BCUT2D eigenvalue weighted by atomic mass is 79.9. The number of pyridine rings is 1. The molecule has 5 nitrogen and oxygen atoms in total. The number of para-hydroxylation sites is 1. The smallest absolute Gasteiger partial charge is 0.259 e. The number of carbonyl (C=O) groups excluding carboxylic acids is 1. The van der Waals surface area contributed by atoms with E-state index >= 15 is 0 Å². The number of anilines is 3. The van der Waals surface area contributed by atoms with Crippen molar-refractivity contribution >= 4 is 39.0 Å². The molecule has 2 aromatic carbocycles. The Morgan fingerprint density at radius 1 is 1.08 bits per heavy atom. The normalized spacial score (nSPS) is 10.2. The molecule has 0 aliphatic heterocycles. The van der Waals surface area contributed by atoms with Crippen molar-refractivity contribution in [3.63, 3.8) is 0 Å². The molecular formula is C19H16BrN3O2. The number of aromatic nitrogens is 1. The molecule has 0 unspecified atom stereocenters. The van der Waals surface area contributed by atoms with E-state index in [4.69, 9.17) is 4.74 Å². The van der Waals surface area contributed by atoms with Gasteiger partial charge in [-0.15, -0.1) is 0 Å². The van der Waals surface area contributed by atoms with Gasteiger partial charge in [-0.3, -0.25) is 4.79 Å². The van der Waals surface area contributed by atoms with Crippen LogP contribution in [0.1, 0.15) is 10.4 Å². The molecule has 0 atom stereocenters. The van der Waals surface area contributed by atoms with Crippen LogP contribution in [-0.4, -0.2) is 18.0 Å². The zero-order chi connectivity index (χ0) is 17.6. The number of ether oxygens (including phenoxy) is 1. The summed E-state index contributed by atoms with van der Waals surface area (Å²) in [5, 5.41) is 6.05. The second-order valence-electron chi connectivity index (χ2n) is 5.19. The molecule has 0 bridgehead atoms. The number of nitrogens with zero attached hydrogens (tertiary/aromatic N) is 1. The van der Waals surface area contributed by atoms with E-state index in [0.29, 0.717) is 22.8 Å². The lowest BCUT2D eigenvalue weighted by Gasteiger charge is -2.12. The first-order chi connectivity index (χ1) is 12.2. The molecule has 0 saturated heterocycles. The zero-order valence-corrected chi connectivity index (χ0v) is 15.1. The number of amides is 1. The summed E-state index contributed by atoms with van der Waals surface area (Å²) in [7, 11) is 1.59. The lowest BCUT2D eigenvalue weighted by Crippen LogP contribution is -2.14. The van der Waals surface area contributed by atoms with Crippen LogP contribution in [0.15, 0.2) is 71.3 Å². The maximum Gasteiger partial charge on any atom is 0.259 e. The summed E-state index contributed by atoms with van der Waals surface area (Å²) in [6.07, 6.45) is 1.64. The second kappa shape index (κ2) is 7.81. The minimum absolute atomic E-state index is 0.254. The van der Waals surface area contributed by atoms with Gasteiger partial charge in [0.15, 0.2) is 0 Å². The Morgan fingerprint density at radius 3 is 2.72 bits per heavy atom. The Balaban J connectivity index is 1.84. The number of rotatable bonds is 5. The van der Waals surface area contributed by atoms with E-state index in [1.54, 1.807) is 37.6 Å². The van der Waals surface area contributed by atoms with E-state index < -0.39 is 0 Å². The minimum Gasteiger partial charge on any atom is -0.497 e. The van der Waals surface area contributed by atoms with Crippen LogP contribution < -0.4 is 15.4 Å². The first-order valence-electron chi connectivity index (χ1n) is 7.59. The molecular weight excluding hydrogens is 382 g/mol. The van der Waals surface area contributed by atoms with Gasteiger partial charge in [-0.05, 0) is 52.3 Å². The SMILES string of the molecule is COc1cccc(NC(=O)c2cccnc2Nc2ccccc2Br)c1. The number of benzene rings is 2. The van der Waals surface area contributed by atoms with Crippen molar-refractivity contribution in [1.29, 1.82) is 0 Å². The average molecular weight is 398 g/mol. The molecule has 0 spiro atoms. The Labute approximate surface area is 154 Å². The van der Waals surface area contributed by atoms with E-state index in [1.165, 1.54) is 0 Å². The number of halogens is 1. The fourth-order valence-corrected chi connectivity index (χ4v) is 2.66. The van der Waals surface area contributed by atoms with Gasteiger partial charge in [-0.2, -0.15) is 0 Å². The largest absolute Gasteiger partial charge is 0.497 e. The summed E-state index contributed by atoms with van der Waals surface area (Å²) in [6.45, 7) is 0. The van der Waals surface area contributed by atoms with E-state index in [0.717, 1.165) is 10.2 Å². The first-order valence-corrected chi connectivity index (χ1v) is 8.38. The summed E-state index contributed by atoms with van der Waals surface area (Å²) in [5.74, 6) is 0.904. The van der Waals surface area contributed by atoms with Crippen molar-refractivity contribution in [2.24, 2.45) is 0 Å². The van der Waals surface area contributed by atoms with Crippen LogP contribution in [0.4, 0.5) is 17.2 Å². The Hall–Kier alpha value is -2.86. The monoisotopic (exact) mass is 397 g/mol. The van der Waals surface area contributed by atoms with Gasteiger partial charge in [-0.1, -0.05) is 18.2 Å². The topological polar surface area (TPSA) is 63.2 Å². The van der Waals surface area contributed by atoms with Gasteiger partial charge in [-0.25, -0.2) is 4.98 Å². The van der Waals surface area contributed by atoms with Crippen molar-refractivity contribution in [2.45, 2.75) is 0 Å². The fourth-order valence-electron chi connectivity index (χ4n) is 2.28. The van der Waals surface area contributed by atoms with Crippen LogP contribution in [0.25, 0.3) is 0 Å². The number of hydrogen-bond donors (Lipinski definition) is 2. The van der Waals surface area contributed by atoms with Crippen LogP contribution >= 0.6 is 15.9 Å². The third-order valence-electron chi connectivity index (χ3n) is 3.51. The maximum absolute atomic E-state index is 12.7. The van der Waals surface area contributed by atoms with Gasteiger partial charge in [0.05, 0.1) is 18.4 Å². The fraction of sp³-hybridized carbons (Fsp3) is 0.0526. The summed E-state index contributed by atoms with van der Waals surface area (Å²) in [4.78, 5) is 17.0. The number of nitrogens with one attached hydrogen (secondary N) is 2. The molecule has 0 radical (unpaired) electrons. The average Bonchev–Trinajstić information content (AvgIpc) is 2.64. The summed E-state index contributed by atoms with van der Waals surface area (Å²) >= 11 is 3.48. The van der Waals surface area contributed by atoms with E-state index in [9.17, 15) is 4.79 Å². The molecule has 0 aliphatic carbocycles. The molecule has 0 saturated carbocycles. The minimum atomic E-state index is -0.254. The van der Waals surface area contributed by atoms with Gasteiger partial charge in [0, 0.05) is 22.4 Å². The van der Waals surface area contributed by atoms with E-state index in [2.05, 4.69) is 31.5 Å². The van der Waals surface area contributed by atoms with Crippen molar-refractivity contribution in [2.75, 3.05) is 17.7 Å². The summed E-state index contributed by atoms with van der Waals surface area (Å²) in [6, 6.07) is 18.3. The zero-order valence-electron chi connectivity index (χ0n) is 13.5. The molecule has 1 heterocycles. The van der Waals surface area contributed by atoms with Crippen LogP contribution in [0.2, 0.25) is 0 Å². The summed E-state index contributed by atoms with van der Waals surface area (Å²) < 4.78 is 6.07. The Morgan fingerprint density at radius 2 is 1.92 bits per heavy atom. The second-order valence-corrected chi connectivity index (χ2v) is 6.04. The molecule has 1 amide bonds. The van der Waals surface area contributed by atoms with Gasteiger partial charge in [0.25, 0.3) is 5.91 Å². The number of hydrogen-bond acceptors (Lipinski definition) is 4. The molecule has 3 rings (SSSR count). The molecule has 1 aromatic heterocycles. The van der Waals surface area contributed by atoms with Crippen LogP contribution in [0.5, 0.6) is 5.75 Å². The highest BCUT2D eigenvalue weighted by Crippen LogP contribution is 2.26. The molecule has 0 fully saturated rings. The molecule has 25 heavy (non-hydrogen) atoms. The third kappa shape index (κ3) is 4.16. The molecule has 2 N–H and O–H groups in total. The quantitative estimate of drug-likeness (QED) is 0.645. The Bertz CT molecular complexity index is 899. The maximum atomic E-state index is 12.7. The Kier molecular flexibility index (Phi) is 5.30. The van der Waals surface area contributed by atoms with Crippen LogP contribution in [-0.2, 0) is 0 Å². The third-order valence-corrected chi connectivity index (χ3v) is 4.20. The lowest BCUT2D eigenvalue weighted by molar-refractivity contribution is 0.102. The molecule has 126 valence electrons. The highest BCUT2D eigenvalue weighted by Gasteiger charge is 2.14. The van der Waals surface area contributed by atoms with Gasteiger partial charge >= 0.3 is 0 Å². The molecule has 0 aliphatic rings. The first kappa shape index (κ1) is 17.0.